The van der Waals surface area contributed by atoms with Crippen molar-refractivity contribution in [1.82, 2.24) is 19.7 Å². The molecule has 3 heterocycles. The number of para-hydroxylation sites is 1. The fraction of sp³-hybridized carbons (Fsp3) is 0.438. The van der Waals surface area contributed by atoms with Crippen molar-refractivity contribution in [2.24, 2.45) is 0 Å². The number of carbonyl (C=O) groups excluding carboxylic acids is 1. The molecule has 7 heteroatoms. The van der Waals surface area contributed by atoms with Crippen molar-refractivity contribution in [2.75, 3.05) is 18.8 Å². The lowest BCUT2D eigenvalue weighted by Crippen LogP contribution is -2.48. The van der Waals surface area contributed by atoms with Gasteiger partial charge in [-0.25, -0.2) is 9.67 Å². The normalized spacial score (nSPS) is 23.9. The summed E-state index contributed by atoms with van der Waals surface area (Å²) in [6.45, 7) is 1.46. The summed E-state index contributed by atoms with van der Waals surface area (Å²) in [5, 5.41) is 4.21. The van der Waals surface area contributed by atoms with Crippen molar-refractivity contribution in [3.05, 3.63) is 36.9 Å². The van der Waals surface area contributed by atoms with Crippen LogP contribution in [0.2, 0.25) is 0 Å². The number of amides is 1. The Morgan fingerprint density at radius 1 is 1.35 bits per heavy atom. The van der Waals surface area contributed by atoms with E-state index in [1.54, 1.807) is 24.4 Å². The minimum atomic E-state index is -0.399. The first-order valence-electron chi connectivity index (χ1n) is 7.82. The SMILES string of the molecule is O=C([C@H]1CSc2ccccc2O1)N1CCC[C@@H](n2cncn2)C1. The molecule has 1 saturated heterocycles. The third-order valence-corrected chi connectivity index (χ3v) is 5.42. The van der Waals surface area contributed by atoms with Crippen LogP contribution in [0, 0.1) is 0 Å². The molecule has 23 heavy (non-hydrogen) atoms. The highest BCUT2D eigenvalue weighted by Crippen LogP contribution is 2.35. The summed E-state index contributed by atoms with van der Waals surface area (Å²) in [6, 6.07) is 8.09. The molecule has 0 radical (unpaired) electrons. The second-order valence-electron chi connectivity index (χ2n) is 5.82. The Balaban J connectivity index is 1.45. The van der Waals surface area contributed by atoms with E-state index in [-0.39, 0.29) is 11.9 Å². The average Bonchev–Trinajstić information content (AvgIpc) is 3.15. The van der Waals surface area contributed by atoms with Crippen LogP contribution in [0.3, 0.4) is 0 Å². The largest absolute Gasteiger partial charge is 0.479 e. The standard InChI is InChI=1S/C16H18N4O2S/c21-16(14-9-23-15-6-2-1-5-13(15)22-14)19-7-3-4-12(8-19)20-11-17-10-18-20/h1-2,5-6,10-12,14H,3-4,7-9H2/t12-,14-/m1/s1. The highest BCUT2D eigenvalue weighted by Gasteiger charge is 2.33. The van der Waals surface area contributed by atoms with Crippen LogP contribution in [0.1, 0.15) is 18.9 Å². The van der Waals surface area contributed by atoms with Gasteiger partial charge in [-0.2, -0.15) is 5.10 Å². The molecule has 6 nitrogen and oxygen atoms in total. The van der Waals surface area contributed by atoms with Gasteiger partial charge in [0.05, 0.1) is 6.04 Å². The Kier molecular flexibility index (Phi) is 3.95. The number of hydrogen-bond donors (Lipinski definition) is 0. The molecule has 2 aliphatic heterocycles. The van der Waals surface area contributed by atoms with Crippen LogP contribution < -0.4 is 4.74 Å². The van der Waals surface area contributed by atoms with Gasteiger partial charge < -0.3 is 9.64 Å². The number of aromatic nitrogens is 3. The van der Waals surface area contributed by atoms with Crippen LogP contribution in [0.25, 0.3) is 0 Å². The average molecular weight is 330 g/mol. The lowest BCUT2D eigenvalue weighted by Gasteiger charge is -2.35. The Hall–Kier alpha value is -2.02. The Morgan fingerprint density at radius 3 is 3.13 bits per heavy atom. The number of fused-ring (bicyclic) bond motifs is 1. The minimum Gasteiger partial charge on any atom is -0.479 e. The molecule has 0 saturated carbocycles. The maximum Gasteiger partial charge on any atom is 0.264 e. The molecule has 1 amide bonds. The van der Waals surface area contributed by atoms with Crippen molar-refractivity contribution in [3.8, 4) is 5.75 Å². The van der Waals surface area contributed by atoms with Crippen molar-refractivity contribution in [1.29, 1.82) is 0 Å². The van der Waals surface area contributed by atoms with Gasteiger partial charge >= 0.3 is 0 Å². The summed E-state index contributed by atoms with van der Waals surface area (Å²) < 4.78 is 7.78. The van der Waals surface area contributed by atoms with Gasteiger partial charge in [-0.1, -0.05) is 12.1 Å². The van der Waals surface area contributed by atoms with Crippen LogP contribution >= 0.6 is 11.8 Å². The van der Waals surface area contributed by atoms with Gasteiger partial charge in [-0.15, -0.1) is 11.8 Å². The topological polar surface area (TPSA) is 60.2 Å². The lowest BCUT2D eigenvalue weighted by atomic mass is 10.1. The van der Waals surface area contributed by atoms with Crippen LogP contribution in [-0.2, 0) is 4.79 Å². The molecule has 2 aliphatic rings. The number of carbonyl (C=O) groups is 1. The van der Waals surface area contributed by atoms with E-state index in [0.29, 0.717) is 12.3 Å². The maximum atomic E-state index is 12.8. The summed E-state index contributed by atoms with van der Waals surface area (Å²) in [5.74, 6) is 1.56. The van der Waals surface area contributed by atoms with Crippen molar-refractivity contribution in [3.63, 3.8) is 0 Å². The predicted octanol–water partition coefficient (Wildman–Crippen LogP) is 1.99. The second kappa shape index (κ2) is 6.23. The monoisotopic (exact) mass is 330 g/mol. The third kappa shape index (κ3) is 2.93. The summed E-state index contributed by atoms with van der Waals surface area (Å²) in [4.78, 5) is 19.8. The van der Waals surface area contributed by atoms with Crippen molar-refractivity contribution < 1.29 is 9.53 Å². The van der Waals surface area contributed by atoms with Gasteiger partial charge in [0.15, 0.2) is 6.10 Å². The molecule has 0 spiro atoms. The van der Waals surface area contributed by atoms with Crippen molar-refractivity contribution >= 4 is 17.7 Å². The number of rotatable bonds is 2. The number of benzene rings is 1. The molecule has 1 fully saturated rings. The number of ether oxygens (including phenoxy) is 1. The van der Waals surface area contributed by atoms with E-state index in [4.69, 9.17) is 4.74 Å². The van der Waals surface area contributed by atoms with E-state index in [1.807, 2.05) is 33.8 Å². The molecule has 120 valence electrons. The van der Waals surface area contributed by atoms with Gasteiger partial charge in [0.2, 0.25) is 0 Å². The first kappa shape index (κ1) is 14.6. The zero-order valence-corrected chi connectivity index (χ0v) is 13.5. The Morgan fingerprint density at radius 2 is 2.26 bits per heavy atom. The molecule has 4 rings (SSSR count). The van der Waals surface area contributed by atoms with E-state index in [2.05, 4.69) is 10.1 Å². The van der Waals surface area contributed by atoms with Gasteiger partial charge in [-0.3, -0.25) is 4.79 Å². The highest BCUT2D eigenvalue weighted by atomic mass is 32.2. The second-order valence-corrected chi connectivity index (χ2v) is 6.88. The first-order chi connectivity index (χ1) is 11.3. The van der Waals surface area contributed by atoms with E-state index in [9.17, 15) is 4.79 Å². The fourth-order valence-corrected chi connectivity index (χ4v) is 4.10. The molecule has 0 unspecified atom stereocenters. The number of piperidine rings is 1. The van der Waals surface area contributed by atoms with E-state index in [0.717, 1.165) is 30.0 Å². The van der Waals surface area contributed by atoms with E-state index < -0.39 is 6.10 Å². The molecule has 2 aromatic rings. The smallest absolute Gasteiger partial charge is 0.264 e. The third-order valence-electron chi connectivity index (χ3n) is 4.30. The molecular weight excluding hydrogens is 312 g/mol. The summed E-state index contributed by atoms with van der Waals surface area (Å²) in [5.41, 5.74) is 0. The molecular formula is C16H18N4O2S. The van der Waals surface area contributed by atoms with E-state index >= 15 is 0 Å². The Labute approximate surface area is 138 Å². The molecule has 1 aromatic heterocycles. The molecule has 0 aliphatic carbocycles. The summed E-state index contributed by atoms with van der Waals surface area (Å²) in [6.07, 6.45) is 4.87. The van der Waals surface area contributed by atoms with Crippen LogP contribution in [0.4, 0.5) is 0 Å². The maximum absolute atomic E-state index is 12.8. The first-order valence-corrected chi connectivity index (χ1v) is 8.81. The summed E-state index contributed by atoms with van der Waals surface area (Å²) >= 11 is 1.69. The van der Waals surface area contributed by atoms with Crippen molar-refractivity contribution in [2.45, 2.75) is 29.9 Å². The van der Waals surface area contributed by atoms with Crippen LogP contribution in [0.15, 0.2) is 41.8 Å². The zero-order valence-electron chi connectivity index (χ0n) is 12.7. The van der Waals surface area contributed by atoms with Gasteiger partial charge in [0, 0.05) is 23.7 Å². The van der Waals surface area contributed by atoms with E-state index in [1.165, 1.54) is 0 Å². The minimum absolute atomic E-state index is 0.0804. The number of thioether (sulfide) groups is 1. The molecule has 0 N–H and O–H groups in total. The summed E-state index contributed by atoms with van der Waals surface area (Å²) in [7, 11) is 0. The lowest BCUT2D eigenvalue weighted by molar-refractivity contribution is -0.139. The zero-order chi connectivity index (χ0) is 15.6. The predicted molar refractivity (Wildman–Crippen MR) is 86.5 cm³/mol. The number of nitrogens with zero attached hydrogens (tertiary/aromatic N) is 4. The Bertz CT molecular complexity index is 691. The van der Waals surface area contributed by atoms with Crippen LogP contribution in [0.5, 0.6) is 5.75 Å². The van der Waals surface area contributed by atoms with Crippen LogP contribution in [-0.4, -0.2) is 50.5 Å². The number of hydrogen-bond acceptors (Lipinski definition) is 5. The molecule has 1 aromatic carbocycles. The van der Waals surface area contributed by atoms with Gasteiger partial charge in [-0.05, 0) is 25.0 Å². The number of likely N-dealkylation sites (tertiary alicyclic amines) is 1. The molecule has 0 bridgehead atoms. The van der Waals surface area contributed by atoms with Gasteiger partial charge in [0.1, 0.15) is 18.4 Å². The molecule has 2 atom stereocenters. The fourth-order valence-electron chi connectivity index (χ4n) is 3.12. The van der Waals surface area contributed by atoms with Gasteiger partial charge in [0.25, 0.3) is 5.91 Å². The quantitative estimate of drug-likeness (QED) is 0.843. The highest BCUT2D eigenvalue weighted by molar-refractivity contribution is 7.99.